The van der Waals surface area contributed by atoms with E-state index in [4.69, 9.17) is 5.73 Å². The van der Waals surface area contributed by atoms with Crippen LogP contribution >= 0.6 is 0 Å². The summed E-state index contributed by atoms with van der Waals surface area (Å²) in [6.07, 6.45) is 3.90. The van der Waals surface area contributed by atoms with Crippen LogP contribution in [0.15, 0.2) is 28.9 Å². The van der Waals surface area contributed by atoms with Gasteiger partial charge < -0.3 is 10.3 Å². The summed E-state index contributed by atoms with van der Waals surface area (Å²) in [5.41, 5.74) is 6.06. The molecule has 2 rings (SSSR count). The van der Waals surface area contributed by atoms with Gasteiger partial charge in [0.05, 0.1) is 5.69 Å². The van der Waals surface area contributed by atoms with E-state index in [1.807, 2.05) is 0 Å². The van der Waals surface area contributed by atoms with Gasteiger partial charge in [0.15, 0.2) is 0 Å². The van der Waals surface area contributed by atoms with Crippen molar-refractivity contribution in [1.29, 1.82) is 0 Å². The van der Waals surface area contributed by atoms with Crippen LogP contribution in [-0.2, 0) is 0 Å². The highest BCUT2D eigenvalue weighted by Gasteiger charge is 2.15. The highest BCUT2D eigenvalue weighted by molar-refractivity contribution is 5.97. The normalized spacial score (nSPS) is 10.0. The summed E-state index contributed by atoms with van der Waals surface area (Å²) in [6, 6.07) is 5.25. The lowest BCUT2D eigenvalue weighted by atomic mass is 10.2. The molecule has 0 fully saturated rings. The molecular formula is C9H6N3O2. The van der Waals surface area contributed by atoms with E-state index in [1.54, 1.807) is 24.4 Å². The van der Waals surface area contributed by atoms with Crippen molar-refractivity contribution >= 4 is 5.91 Å². The molecule has 5 heteroatoms. The van der Waals surface area contributed by atoms with E-state index < -0.39 is 5.91 Å². The zero-order valence-electron chi connectivity index (χ0n) is 7.10. The number of carbonyl (C=O) groups is 1. The minimum Gasteiger partial charge on any atom is -0.365 e. The van der Waals surface area contributed by atoms with Gasteiger partial charge in [0.2, 0.25) is 6.26 Å². The SMILES string of the molecule is NC(=O)c1[c]onc1-c1ccccn1. The Balaban J connectivity index is 2.52. The third-order valence-electron chi connectivity index (χ3n) is 1.68. The van der Waals surface area contributed by atoms with Crippen molar-refractivity contribution in [3.63, 3.8) is 0 Å². The van der Waals surface area contributed by atoms with Crippen molar-refractivity contribution in [1.82, 2.24) is 10.1 Å². The van der Waals surface area contributed by atoms with Gasteiger partial charge >= 0.3 is 0 Å². The first kappa shape index (κ1) is 8.43. The second kappa shape index (κ2) is 3.29. The maximum absolute atomic E-state index is 10.9. The average Bonchev–Trinajstić information content (AvgIpc) is 2.67. The summed E-state index contributed by atoms with van der Waals surface area (Å²) < 4.78 is 4.55. The predicted octanol–water partition coefficient (Wildman–Crippen LogP) is 0.636. The van der Waals surface area contributed by atoms with Gasteiger partial charge in [0.1, 0.15) is 11.3 Å². The fraction of sp³-hybridized carbons (Fsp3) is 0. The molecule has 0 aliphatic rings. The molecule has 5 nitrogen and oxygen atoms in total. The number of hydrogen-bond donors (Lipinski definition) is 1. The summed E-state index contributed by atoms with van der Waals surface area (Å²) in [4.78, 5) is 14.9. The van der Waals surface area contributed by atoms with Gasteiger partial charge in [0.25, 0.3) is 5.91 Å². The Labute approximate surface area is 79.5 Å². The van der Waals surface area contributed by atoms with Crippen LogP contribution in [0.3, 0.4) is 0 Å². The summed E-state index contributed by atoms with van der Waals surface area (Å²) in [6.45, 7) is 0. The summed E-state index contributed by atoms with van der Waals surface area (Å²) >= 11 is 0. The van der Waals surface area contributed by atoms with Gasteiger partial charge in [-0.3, -0.25) is 9.78 Å². The van der Waals surface area contributed by atoms with E-state index >= 15 is 0 Å². The van der Waals surface area contributed by atoms with Crippen LogP contribution in [0.25, 0.3) is 11.4 Å². The number of nitrogens with two attached hydrogens (primary N) is 1. The van der Waals surface area contributed by atoms with Gasteiger partial charge in [-0.2, -0.15) is 0 Å². The maximum Gasteiger partial charge on any atom is 0.255 e. The molecule has 0 saturated heterocycles. The molecule has 0 bridgehead atoms. The predicted molar refractivity (Wildman–Crippen MR) is 47.1 cm³/mol. The fourth-order valence-electron chi connectivity index (χ4n) is 1.05. The smallest absolute Gasteiger partial charge is 0.255 e. The second-order valence-corrected chi connectivity index (χ2v) is 2.59. The van der Waals surface area contributed by atoms with Crippen molar-refractivity contribution in [2.24, 2.45) is 5.73 Å². The molecular weight excluding hydrogens is 182 g/mol. The quantitative estimate of drug-likeness (QED) is 0.749. The molecule has 69 valence electrons. The summed E-state index contributed by atoms with van der Waals surface area (Å²) in [7, 11) is 0. The number of pyridine rings is 1. The molecule has 0 spiro atoms. The van der Waals surface area contributed by atoms with E-state index in [2.05, 4.69) is 20.9 Å². The van der Waals surface area contributed by atoms with Gasteiger partial charge in [-0.25, -0.2) is 0 Å². The lowest BCUT2D eigenvalue weighted by Gasteiger charge is -1.94. The second-order valence-electron chi connectivity index (χ2n) is 2.59. The van der Waals surface area contributed by atoms with Gasteiger partial charge in [-0.15, -0.1) is 0 Å². The average molecular weight is 188 g/mol. The lowest BCUT2D eigenvalue weighted by molar-refractivity contribution is 0.1000. The Morgan fingerprint density at radius 2 is 2.36 bits per heavy atom. The minimum absolute atomic E-state index is 0.115. The van der Waals surface area contributed by atoms with Gasteiger partial charge in [-0.1, -0.05) is 11.2 Å². The van der Waals surface area contributed by atoms with E-state index in [-0.39, 0.29) is 5.56 Å². The number of aromatic nitrogens is 2. The number of rotatable bonds is 2. The first-order valence-electron chi connectivity index (χ1n) is 3.87. The topological polar surface area (TPSA) is 82.0 Å². The Kier molecular flexibility index (Phi) is 1.98. The third-order valence-corrected chi connectivity index (χ3v) is 1.68. The van der Waals surface area contributed by atoms with Crippen molar-refractivity contribution < 1.29 is 9.32 Å². The zero-order chi connectivity index (χ0) is 9.97. The molecule has 0 saturated carbocycles. The van der Waals surface area contributed by atoms with E-state index in [0.29, 0.717) is 11.4 Å². The molecule has 2 aromatic rings. The fourth-order valence-corrected chi connectivity index (χ4v) is 1.05. The largest absolute Gasteiger partial charge is 0.365 e. The van der Waals surface area contributed by atoms with Gasteiger partial charge in [-0.05, 0) is 12.1 Å². The van der Waals surface area contributed by atoms with Crippen LogP contribution in [0.4, 0.5) is 0 Å². The first-order chi connectivity index (χ1) is 6.79. The Hall–Kier alpha value is -2.17. The maximum atomic E-state index is 10.9. The van der Waals surface area contributed by atoms with Crippen molar-refractivity contribution in [3.05, 3.63) is 36.2 Å². The number of amides is 1. The minimum atomic E-state index is -0.632. The van der Waals surface area contributed by atoms with Crippen molar-refractivity contribution in [2.45, 2.75) is 0 Å². The molecule has 0 aromatic carbocycles. The molecule has 1 amide bonds. The van der Waals surface area contributed by atoms with Crippen LogP contribution in [0.5, 0.6) is 0 Å². The third kappa shape index (κ3) is 1.35. The molecule has 14 heavy (non-hydrogen) atoms. The summed E-state index contributed by atoms with van der Waals surface area (Å²) in [5.74, 6) is -0.632. The number of primary amides is 1. The highest BCUT2D eigenvalue weighted by atomic mass is 16.5. The van der Waals surface area contributed by atoms with Crippen LogP contribution in [0.2, 0.25) is 0 Å². The standard InChI is InChI=1S/C9H6N3O2/c10-9(13)6-5-14-12-8(6)7-3-1-2-4-11-7/h1-4H,(H2,10,13). The first-order valence-corrected chi connectivity index (χ1v) is 3.87. The molecule has 2 aromatic heterocycles. The number of carbonyl (C=O) groups excluding carboxylic acids is 1. The molecule has 2 heterocycles. The Bertz CT molecular complexity index is 450. The van der Waals surface area contributed by atoms with Crippen LogP contribution in [0, 0.1) is 6.26 Å². The lowest BCUT2D eigenvalue weighted by Crippen LogP contribution is -2.11. The Morgan fingerprint density at radius 1 is 1.50 bits per heavy atom. The van der Waals surface area contributed by atoms with E-state index in [0.717, 1.165) is 0 Å². The zero-order valence-corrected chi connectivity index (χ0v) is 7.10. The molecule has 0 aliphatic carbocycles. The van der Waals surface area contributed by atoms with Gasteiger partial charge in [0, 0.05) is 6.20 Å². The number of nitrogens with zero attached hydrogens (tertiary/aromatic N) is 2. The van der Waals surface area contributed by atoms with Crippen LogP contribution < -0.4 is 5.73 Å². The molecule has 0 unspecified atom stereocenters. The number of hydrogen-bond acceptors (Lipinski definition) is 4. The Morgan fingerprint density at radius 3 is 3.00 bits per heavy atom. The molecule has 2 N–H and O–H groups in total. The molecule has 0 aliphatic heterocycles. The highest BCUT2D eigenvalue weighted by Crippen LogP contribution is 2.18. The van der Waals surface area contributed by atoms with Crippen molar-refractivity contribution in [2.75, 3.05) is 0 Å². The monoisotopic (exact) mass is 188 g/mol. The van der Waals surface area contributed by atoms with Crippen LogP contribution in [-0.4, -0.2) is 16.0 Å². The molecule has 1 radical (unpaired) electrons. The van der Waals surface area contributed by atoms with Crippen LogP contribution in [0.1, 0.15) is 10.4 Å². The van der Waals surface area contributed by atoms with E-state index in [1.165, 1.54) is 0 Å². The molecule has 0 atom stereocenters. The van der Waals surface area contributed by atoms with E-state index in [9.17, 15) is 4.79 Å². The van der Waals surface area contributed by atoms with Crippen molar-refractivity contribution in [3.8, 4) is 11.4 Å². The summed E-state index contributed by atoms with van der Waals surface area (Å²) in [5, 5.41) is 3.61.